The van der Waals surface area contributed by atoms with Gasteiger partial charge in [-0.25, -0.2) is 0 Å². The summed E-state index contributed by atoms with van der Waals surface area (Å²) >= 11 is 5.68. The summed E-state index contributed by atoms with van der Waals surface area (Å²) < 4.78 is 0. The van der Waals surface area contributed by atoms with E-state index in [0.717, 1.165) is 6.42 Å². The van der Waals surface area contributed by atoms with Crippen molar-refractivity contribution in [2.45, 2.75) is 13.3 Å². The molecule has 0 radical (unpaired) electrons. The number of nitrogens with one attached hydrogen (secondary N) is 1. The zero-order valence-corrected chi connectivity index (χ0v) is 7.23. The van der Waals surface area contributed by atoms with Crippen LogP contribution in [0.3, 0.4) is 0 Å². The van der Waals surface area contributed by atoms with Gasteiger partial charge in [0.2, 0.25) is 0 Å². The molecule has 62 valence electrons. The fourth-order valence-corrected chi connectivity index (χ4v) is 0.713. The quantitative estimate of drug-likeness (QED) is 0.496. The van der Waals surface area contributed by atoms with E-state index in [-0.39, 0.29) is 12.3 Å². The molecule has 0 aromatic rings. The summed E-state index contributed by atoms with van der Waals surface area (Å²) in [5.41, 5.74) is 0.160. The van der Waals surface area contributed by atoms with Crippen LogP contribution in [0.4, 0.5) is 0 Å². The van der Waals surface area contributed by atoms with E-state index in [0.29, 0.717) is 5.03 Å². The Morgan fingerprint density at radius 2 is 2.18 bits per heavy atom. The van der Waals surface area contributed by atoms with Crippen molar-refractivity contribution in [3.8, 4) is 0 Å². The zero-order chi connectivity index (χ0) is 8.69. The summed E-state index contributed by atoms with van der Waals surface area (Å²) in [6.07, 6.45) is 5.79. The largest absolute Gasteiger partial charge is 0.390 e. The maximum absolute atomic E-state index is 8.44. The molecule has 0 atom stereocenters. The van der Waals surface area contributed by atoms with E-state index < -0.39 is 0 Å². The third-order valence-corrected chi connectivity index (χ3v) is 1.29. The molecule has 0 spiro atoms. The molecular weight excluding hydrogens is 162 g/mol. The van der Waals surface area contributed by atoms with Gasteiger partial charge in [-0.2, -0.15) is 0 Å². The number of rotatable bonds is 4. The zero-order valence-electron chi connectivity index (χ0n) is 6.47. The smallest absolute Gasteiger partial charge is 0.0845 e. The highest BCUT2D eigenvalue weighted by molar-refractivity contribution is 6.31. The Kier molecular flexibility index (Phi) is 5.80. The molecule has 0 aliphatic heterocycles. The SMILES string of the molecule is CC/C=C(Cl)\C=C/C(=N)CO. The van der Waals surface area contributed by atoms with E-state index in [4.69, 9.17) is 22.1 Å². The second-order valence-electron chi connectivity index (χ2n) is 2.01. The molecule has 0 aromatic heterocycles. The molecule has 0 unspecified atom stereocenters. The fraction of sp³-hybridized carbons (Fsp3) is 0.375. The molecule has 0 amide bonds. The lowest BCUT2D eigenvalue weighted by molar-refractivity contribution is 0.357. The average molecular weight is 174 g/mol. The van der Waals surface area contributed by atoms with E-state index >= 15 is 0 Å². The minimum absolute atomic E-state index is 0.160. The number of aliphatic hydroxyl groups is 1. The van der Waals surface area contributed by atoms with Gasteiger partial charge in [-0.15, -0.1) is 0 Å². The topological polar surface area (TPSA) is 44.1 Å². The first-order valence-corrected chi connectivity index (χ1v) is 3.80. The van der Waals surface area contributed by atoms with Gasteiger partial charge in [0.05, 0.1) is 12.3 Å². The van der Waals surface area contributed by atoms with Gasteiger partial charge in [0.25, 0.3) is 0 Å². The van der Waals surface area contributed by atoms with Gasteiger partial charge in [0, 0.05) is 5.03 Å². The molecule has 0 heterocycles. The van der Waals surface area contributed by atoms with Crippen LogP contribution in [0.5, 0.6) is 0 Å². The van der Waals surface area contributed by atoms with Crippen molar-refractivity contribution in [1.82, 2.24) is 0 Å². The summed E-state index contributed by atoms with van der Waals surface area (Å²) in [7, 11) is 0. The minimum atomic E-state index is -0.243. The van der Waals surface area contributed by atoms with Crippen LogP contribution in [0, 0.1) is 5.41 Å². The first kappa shape index (κ1) is 10.4. The van der Waals surface area contributed by atoms with Crippen LogP contribution in [0.1, 0.15) is 13.3 Å². The maximum atomic E-state index is 8.44. The Morgan fingerprint density at radius 1 is 1.55 bits per heavy atom. The highest BCUT2D eigenvalue weighted by Gasteiger charge is 1.86. The van der Waals surface area contributed by atoms with Gasteiger partial charge < -0.3 is 10.5 Å². The predicted octanol–water partition coefficient (Wildman–Crippen LogP) is 2.09. The number of hydrogen-bond acceptors (Lipinski definition) is 2. The third kappa shape index (κ3) is 5.83. The molecule has 11 heavy (non-hydrogen) atoms. The van der Waals surface area contributed by atoms with Crippen molar-refractivity contribution in [2.24, 2.45) is 0 Å². The van der Waals surface area contributed by atoms with Crippen molar-refractivity contribution in [1.29, 1.82) is 5.41 Å². The lowest BCUT2D eigenvalue weighted by Crippen LogP contribution is -1.96. The van der Waals surface area contributed by atoms with E-state index in [9.17, 15) is 0 Å². The average Bonchev–Trinajstić information content (AvgIpc) is 2.01. The number of halogens is 1. The standard InChI is InChI=1S/C8H12ClNO/c1-2-3-7(9)4-5-8(10)6-11/h3-5,10-11H,2,6H2,1H3/b5-4-,7-3+,10-8?. The molecule has 0 saturated carbocycles. The Bertz CT molecular complexity index is 185. The molecule has 0 fully saturated rings. The summed E-state index contributed by atoms with van der Waals surface area (Å²) in [6, 6.07) is 0. The van der Waals surface area contributed by atoms with Crippen LogP contribution in [0.2, 0.25) is 0 Å². The molecule has 0 aliphatic rings. The minimum Gasteiger partial charge on any atom is -0.390 e. The van der Waals surface area contributed by atoms with Crippen LogP contribution in [0.25, 0.3) is 0 Å². The van der Waals surface area contributed by atoms with Gasteiger partial charge in [0.1, 0.15) is 0 Å². The van der Waals surface area contributed by atoms with E-state index in [1.807, 2.05) is 13.0 Å². The Labute approximate surface area is 71.7 Å². The molecule has 0 aliphatic carbocycles. The summed E-state index contributed by atoms with van der Waals surface area (Å²) in [5, 5.41) is 16.1. The summed E-state index contributed by atoms with van der Waals surface area (Å²) in [4.78, 5) is 0. The summed E-state index contributed by atoms with van der Waals surface area (Å²) in [5.74, 6) is 0. The van der Waals surface area contributed by atoms with Gasteiger partial charge in [-0.05, 0) is 18.6 Å². The van der Waals surface area contributed by atoms with Crippen LogP contribution in [-0.2, 0) is 0 Å². The molecule has 0 bridgehead atoms. The first-order chi connectivity index (χ1) is 5.20. The number of aliphatic hydroxyl groups excluding tert-OH is 1. The van der Waals surface area contributed by atoms with Crippen molar-refractivity contribution in [2.75, 3.05) is 6.61 Å². The van der Waals surface area contributed by atoms with Crippen LogP contribution in [0.15, 0.2) is 23.3 Å². The molecule has 0 saturated heterocycles. The highest BCUT2D eigenvalue weighted by Crippen LogP contribution is 2.03. The van der Waals surface area contributed by atoms with E-state index in [1.165, 1.54) is 6.08 Å². The highest BCUT2D eigenvalue weighted by atomic mass is 35.5. The van der Waals surface area contributed by atoms with Crippen molar-refractivity contribution in [3.05, 3.63) is 23.3 Å². The molecule has 0 rings (SSSR count). The van der Waals surface area contributed by atoms with Gasteiger partial charge in [0.15, 0.2) is 0 Å². The van der Waals surface area contributed by atoms with E-state index in [2.05, 4.69) is 0 Å². The predicted molar refractivity (Wildman–Crippen MR) is 48.2 cm³/mol. The number of hydrogen-bond donors (Lipinski definition) is 2. The molecule has 2 nitrogen and oxygen atoms in total. The van der Waals surface area contributed by atoms with Gasteiger partial charge in [-0.3, -0.25) is 0 Å². The molecule has 0 aromatic carbocycles. The van der Waals surface area contributed by atoms with Crippen LogP contribution < -0.4 is 0 Å². The Morgan fingerprint density at radius 3 is 2.64 bits per heavy atom. The number of allylic oxidation sites excluding steroid dienone is 3. The molecule has 2 N–H and O–H groups in total. The lowest BCUT2D eigenvalue weighted by atomic mass is 10.3. The monoisotopic (exact) mass is 173 g/mol. The third-order valence-electron chi connectivity index (χ3n) is 1.01. The van der Waals surface area contributed by atoms with Crippen LogP contribution >= 0.6 is 11.6 Å². The van der Waals surface area contributed by atoms with Crippen LogP contribution in [-0.4, -0.2) is 17.4 Å². The Balaban J connectivity index is 3.92. The lowest BCUT2D eigenvalue weighted by Gasteiger charge is -1.89. The summed E-state index contributed by atoms with van der Waals surface area (Å²) in [6.45, 7) is 1.74. The van der Waals surface area contributed by atoms with Gasteiger partial charge >= 0.3 is 0 Å². The van der Waals surface area contributed by atoms with Crippen molar-refractivity contribution in [3.63, 3.8) is 0 Å². The first-order valence-electron chi connectivity index (χ1n) is 3.42. The second-order valence-corrected chi connectivity index (χ2v) is 2.45. The van der Waals surface area contributed by atoms with Gasteiger partial charge in [-0.1, -0.05) is 24.6 Å². The Hall–Kier alpha value is -0.600. The second kappa shape index (κ2) is 6.13. The molecular formula is C8H12ClNO. The maximum Gasteiger partial charge on any atom is 0.0845 e. The molecule has 3 heteroatoms. The fourth-order valence-electron chi connectivity index (χ4n) is 0.496. The van der Waals surface area contributed by atoms with E-state index in [1.54, 1.807) is 6.08 Å². The normalized spacial score (nSPS) is 12.5. The van der Waals surface area contributed by atoms with Crippen molar-refractivity contribution >= 4 is 17.3 Å². The van der Waals surface area contributed by atoms with Crippen molar-refractivity contribution < 1.29 is 5.11 Å².